The number of piperidine rings is 1. The van der Waals surface area contributed by atoms with Crippen LogP contribution in [0.15, 0.2) is 30.3 Å². The Morgan fingerprint density at radius 1 is 1.11 bits per heavy atom. The monoisotopic (exact) mass is 398 g/mol. The standard InChI is InChI=1S/C22H27ClN4O/c1-28-18-11-16-7-8-17(12-18)27(16)21-19-14-26(13-15-5-3-2-4-6-15)10-9-20(19)24-22(23)25-21/h2-6,16-18H,7-14H2,1H3/t16-,17+,18?. The highest BCUT2D eigenvalue weighted by Gasteiger charge is 2.43. The number of fused-ring (bicyclic) bond motifs is 3. The zero-order valence-corrected chi connectivity index (χ0v) is 17.1. The van der Waals surface area contributed by atoms with Crippen molar-refractivity contribution in [2.45, 2.75) is 63.4 Å². The zero-order valence-electron chi connectivity index (χ0n) is 16.4. The van der Waals surface area contributed by atoms with Gasteiger partial charge in [0.1, 0.15) is 5.82 Å². The van der Waals surface area contributed by atoms with Crippen molar-refractivity contribution < 1.29 is 4.74 Å². The predicted molar refractivity (Wildman–Crippen MR) is 111 cm³/mol. The first kappa shape index (κ1) is 18.3. The van der Waals surface area contributed by atoms with Gasteiger partial charge in [0.05, 0.1) is 11.8 Å². The van der Waals surface area contributed by atoms with Crippen molar-refractivity contribution in [2.24, 2.45) is 0 Å². The van der Waals surface area contributed by atoms with Crippen LogP contribution in [0, 0.1) is 0 Å². The summed E-state index contributed by atoms with van der Waals surface area (Å²) in [5, 5.41) is 0.388. The number of nitrogens with zero attached hydrogens (tertiary/aromatic N) is 4. The molecule has 0 spiro atoms. The number of halogens is 1. The van der Waals surface area contributed by atoms with Crippen LogP contribution in [0.2, 0.25) is 5.28 Å². The Hall–Kier alpha value is -1.69. The van der Waals surface area contributed by atoms with E-state index in [2.05, 4.69) is 45.1 Å². The van der Waals surface area contributed by atoms with Gasteiger partial charge in [-0.1, -0.05) is 30.3 Å². The van der Waals surface area contributed by atoms with E-state index in [0.717, 1.165) is 50.4 Å². The molecule has 6 heteroatoms. The minimum absolute atomic E-state index is 0.372. The summed E-state index contributed by atoms with van der Waals surface area (Å²) in [7, 11) is 1.84. The largest absolute Gasteiger partial charge is 0.381 e. The lowest BCUT2D eigenvalue weighted by atomic mass is 9.97. The second-order valence-electron chi connectivity index (χ2n) is 8.31. The van der Waals surface area contributed by atoms with Crippen LogP contribution in [-0.2, 0) is 24.2 Å². The van der Waals surface area contributed by atoms with Crippen LogP contribution in [0.3, 0.4) is 0 Å². The van der Waals surface area contributed by atoms with Crippen LogP contribution < -0.4 is 4.90 Å². The highest BCUT2D eigenvalue weighted by atomic mass is 35.5. The molecule has 0 N–H and O–H groups in total. The van der Waals surface area contributed by atoms with E-state index in [0.29, 0.717) is 23.5 Å². The molecule has 2 saturated heterocycles. The molecular weight excluding hydrogens is 372 g/mol. The van der Waals surface area contributed by atoms with Gasteiger partial charge in [0, 0.05) is 50.8 Å². The van der Waals surface area contributed by atoms with E-state index in [4.69, 9.17) is 21.3 Å². The van der Waals surface area contributed by atoms with Crippen molar-refractivity contribution in [3.63, 3.8) is 0 Å². The summed E-state index contributed by atoms with van der Waals surface area (Å²) in [6.07, 6.45) is 5.90. The number of benzene rings is 1. The summed E-state index contributed by atoms with van der Waals surface area (Å²) in [4.78, 5) is 14.4. The minimum atomic E-state index is 0.372. The van der Waals surface area contributed by atoms with Gasteiger partial charge in [-0.05, 0) is 42.8 Å². The number of ether oxygens (including phenoxy) is 1. The zero-order chi connectivity index (χ0) is 19.1. The molecule has 1 aromatic heterocycles. The van der Waals surface area contributed by atoms with Crippen molar-refractivity contribution in [1.29, 1.82) is 0 Å². The molecule has 5 nitrogen and oxygen atoms in total. The molecular formula is C22H27ClN4O. The molecule has 3 atom stereocenters. The molecule has 1 unspecified atom stereocenters. The number of hydrogen-bond acceptors (Lipinski definition) is 5. The predicted octanol–water partition coefficient (Wildman–Crippen LogP) is 3.83. The molecule has 0 radical (unpaired) electrons. The maximum Gasteiger partial charge on any atom is 0.224 e. The van der Waals surface area contributed by atoms with Crippen LogP contribution in [0.5, 0.6) is 0 Å². The van der Waals surface area contributed by atoms with Gasteiger partial charge < -0.3 is 9.64 Å². The summed E-state index contributed by atoms with van der Waals surface area (Å²) in [6, 6.07) is 11.7. The third-order valence-electron chi connectivity index (χ3n) is 6.61. The maximum absolute atomic E-state index is 6.35. The molecule has 2 bridgehead atoms. The van der Waals surface area contributed by atoms with Crippen LogP contribution in [0.25, 0.3) is 0 Å². The average Bonchev–Trinajstić information content (AvgIpc) is 2.97. The molecule has 0 saturated carbocycles. The van der Waals surface area contributed by atoms with E-state index < -0.39 is 0 Å². The molecule has 3 aliphatic rings. The van der Waals surface area contributed by atoms with E-state index in [9.17, 15) is 0 Å². The summed E-state index contributed by atoms with van der Waals surface area (Å²) in [5.41, 5.74) is 3.76. The summed E-state index contributed by atoms with van der Waals surface area (Å²) in [5.74, 6) is 1.08. The molecule has 2 aromatic rings. The Labute approximate surface area is 171 Å². The van der Waals surface area contributed by atoms with Gasteiger partial charge in [0.2, 0.25) is 5.28 Å². The Bertz CT molecular complexity index is 832. The van der Waals surface area contributed by atoms with Crippen molar-refractivity contribution in [3.05, 3.63) is 52.4 Å². The normalized spacial score (nSPS) is 27.1. The summed E-state index contributed by atoms with van der Waals surface area (Å²) >= 11 is 6.35. The molecule has 4 heterocycles. The van der Waals surface area contributed by atoms with Gasteiger partial charge in [0.15, 0.2) is 0 Å². The number of hydrogen-bond donors (Lipinski definition) is 0. The van der Waals surface area contributed by atoms with Gasteiger partial charge in [-0.2, -0.15) is 0 Å². The van der Waals surface area contributed by atoms with Gasteiger partial charge >= 0.3 is 0 Å². The topological polar surface area (TPSA) is 41.5 Å². The summed E-state index contributed by atoms with van der Waals surface area (Å²) < 4.78 is 5.68. The molecule has 0 aliphatic carbocycles. The fraction of sp³-hybridized carbons (Fsp3) is 0.545. The molecule has 2 fully saturated rings. The SMILES string of the molecule is COC1C[C@H]2CC[C@@H](C1)N2c1nc(Cl)nc2c1CN(Cc1ccccc1)CC2. The van der Waals surface area contributed by atoms with Gasteiger partial charge in [-0.15, -0.1) is 0 Å². The Morgan fingerprint density at radius 3 is 2.57 bits per heavy atom. The number of rotatable bonds is 4. The van der Waals surface area contributed by atoms with E-state index in [-0.39, 0.29) is 0 Å². The minimum Gasteiger partial charge on any atom is -0.381 e. The second kappa shape index (κ2) is 7.62. The highest BCUT2D eigenvalue weighted by molar-refractivity contribution is 6.28. The van der Waals surface area contributed by atoms with E-state index >= 15 is 0 Å². The van der Waals surface area contributed by atoms with E-state index in [1.807, 2.05) is 7.11 Å². The van der Waals surface area contributed by atoms with E-state index in [1.54, 1.807) is 0 Å². The first-order valence-corrected chi connectivity index (χ1v) is 10.7. The van der Waals surface area contributed by atoms with Crippen molar-refractivity contribution in [1.82, 2.24) is 14.9 Å². The third-order valence-corrected chi connectivity index (χ3v) is 6.78. The number of anilines is 1. The Morgan fingerprint density at radius 2 is 1.86 bits per heavy atom. The lowest BCUT2D eigenvalue weighted by Crippen LogP contribution is -2.47. The lowest BCUT2D eigenvalue weighted by Gasteiger charge is -2.41. The van der Waals surface area contributed by atoms with Crippen molar-refractivity contribution in [2.75, 3.05) is 18.6 Å². The van der Waals surface area contributed by atoms with Crippen molar-refractivity contribution in [3.8, 4) is 0 Å². The van der Waals surface area contributed by atoms with Crippen LogP contribution in [0.1, 0.15) is 42.5 Å². The maximum atomic E-state index is 6.35. The fourth-order valence-corrected chi connectivity index (χ4v) is 5.46. The quantitative estimate of drug-likeness (QED) is 0.732. The van der Waals surface area contributed by atoms with Crippen LogP contribution in [-0.4, -0.2) is 46.7 Å². The van der Waals surface area contributed by atoms with Gasteiger partial charge in [-0.3, -0.25) is 4.90 Å². The molecule has 1 aromatic carbocycles. The van der Waals surface area contributed by atoms with Crippen LogP contribution >= 0.6 is 11.6 Å². The molecule has 3 aliphatic heterocycles. The number of aromatic nitrogens is 2. The fourth-order valence-electron chi connectivity index (χ4n) is 5.28. The second-order valence-corrected chi connectivity index (χ2v) is 8.65. The molecule has 0 amide bonds. The number of methoxy groups -OCH3 is 1. The third kappa shape index (κ3) is 3.40. The Kier molecular flexibility index (Phi) is 4.99. The first-order valence-electron chi connectivity index (χ1n) is 10.3. The van der Waals surface area contributed by atoms with Crippen LogP contribution in [0.4, 0.5) is 5.82 Å². The molecule has 5 rings (SSSR count). The molecule has 28 heavy (non-hydrogen) atoms. The van der Waals surface area contributed by atoms with Gasteiger partial charge in [0.25, 0.3) is 0 Å². The average molecular weight is 399 g/mol. The van der Waals surface area contributed by atoms with Gasteiger partial charge in [-0.25, -0.2) is 9.97 Å². The molecule has 148 valence electrons. The Balaban J connectivity index is 1.44. The summed E-state index contributed by atoms with van der Waals surface area (Å²) in [6.45, 7) is 2.86. The smallest absolute Gasteiger partial charge is 0.224 e. The lowest BCUT2D eigenvalue weighted by molar-refractivity contribution is 0.0680. The van der Waals surface area contributed by atoms with E-state index in [1.165, 1.54) is 24.0 Å². The first-order chi connectivity index (χ1) is 13.7. The highest BCUT2D eigenvalue weighted by Crippen LogP contribution is 2.42. The van der Waals surface area contributed by atoms with Crippen molar-refractivity contribution >= 4 is 17.4 Å².